The van der Waals surface area contributed by atoms with Crippen molar-refractivity contribution in [1.82, 2.24) is 19.4 Å². The number of piperidine rings is 1. The fraction of sp³-hybridized carbons (Fsp3) is 0.455. The molecule has 0 radical (unpaired) electrons. The van der Waals surface area contributed by atoms with Crippen LogP contribution in [0.25, 0.3) is 0 Å². The molecular formula is C22H28N4O4S. The Bertz CT molecular complexity index is 1090. The highest BCUT2D eigenvalue weighted by atomic mass is 32.2. The second-order valence-corrected chi connectivity index (χ2v) is 10.1. The van der Waals surface area contributed by atoms with Gasteiger partial charge in [-0.2, -0.15) is 9.40 Å². The van der Waals surface area contributed by atoms with Gasteiger partial charge < -0.3 is 10.1 Å². The van der Waals surface area contributed by atoms with Crippen molar-refractivity contribution in [2.75, 3.05) is 19.7 Å². The molecule has 1 amide bonds. The molecule has 1 N–H and O–H groups in total. The number of amides is 1. The number of rotatable bonds is 2. The van der Waals surface area contributed by atoms with Gasteiger partial charge in [-0.1, -0.05) is 30.4 Å². The number of fused-ring (bicyclic) bond motifs is 2. The highest BCUT2D eigenvalue weighted by Gasteiger charge is 2.37. The molecule has 0 spiro atoms. The first-order valence-electron chi connectivity index (χ1n) is 10.5. The number of aromatic nitrogens is 2. The van der Waals surface area contributed by atoms with Gasteiger partial charge in [0.1, 0.15) is 10.6 Å². The van der Waals surface area contributed by atoms with E-state index in [4.69, 9.17) is 4.74 Å². The minimum Gasteiger partial charge on any atom is -0.483 e. The minimum atomic E-state index is -3.64. The Labute approximate surface area is 182 Å². The topological polar surface area (TPSA) is 93.5 Å². The smallest absolute Gasteiger partial charge is 0.258 e. The fourth-order valence-corrected chi connectivity index (χ4v) is 6.01. The molecule has 2 aliphatic heterocycles. The van der Waals surface area contributed by atoms with Crippen molar-refractivity contribution < 1.29 is 17.9 Å². The number of nitrogens with zero attached hydrogens (tertiary/aromatic N) is 3. The van der Waals surface area contributed by atoms with Crippen LogP contribution in [0.15, 0.2) is 47.5 Å². The lowest BCUT2D eigenvalue weighted by Gasteiger charge is -2.38. The first kappa shape index (κ1) is 21.6. The van der Waals surface area contributed by atoms with Crippen molar-refractivity contribution in [3.63, 3.8) is 0 Å². The average Bonchev–Trinajstić information content (AvgIpc) is 3.09. The molecule has 8 nitrogen and oxygen atoms in total. The van der Waals surface area contributed by atoms with Gasteiger partial charge >= 0.3 is 0 Å². The van der Waals surface area contributed by atoms with Crippen LogP contribution in [0.3, 0.4) is 0 Å². The Morgan fingerprint density at radius 1 is 1.23 bits per heavy atom. The van der Waals surface area contributed by atoms with Crippen LogP contribution in [0.5, 0.6) is 5.75 Å². The first-order valence-corrected chi connectivity index (χ1v) is 11.9. The number of nitrogens with one attached hydrogen (secondary N) is 1. The molecule has 166 valence electrons. The van der Waals surface area contributed by atoms with Gasteiger partial charge in [0.05, 0.1) is 5.69 Å². The lowest BCUT2D eigenvalue weighted by Crippen LogP contribution is -2.53. The third kappa shape index (κ3) is 4.67. The van der Waals surface area contributed by atoms with E-state index in [2.05, 4.69) is 22.6 Å². The van der Waals surface area contributed by atoms with Gasteiger partial charge in [0.15, 0.2) is 6.61 Å². The fourth-order valence-electron chi connectivity index (χ4n) is 4.30. The van der Waals surface area contributed by atoms with Gasteiger partial charge in [-0.15, -0.1) is 0 Å². The predicted octanol–water partition coefficient (Wildman–Crippen LogP) is 1.81. The predicted molar refractivity (Wildman–Crippen MR) is 116 cm³/mol. The molecule has 1 saturated heterocycles. The maximum absolute atomic E-state index is 13.2. The number of hydrogen-bond donors (Lipinski definition) is 1. The van der Waals surface area contributed by atoms with Gasteiger partial charge in [-0.3, -0.25) is 9.48 Å². The van der Waals surface area contributed by atoms with Crippen molar-refractivity contribution in [2.45, 2.75) is 37.1 Å². The zero-order chi connectivity index (χ0) is 22.0. The summed E-state index contributed by atoms with van der Waals surface area (Å²) in [5.41, 5.74) is 1.51. The molecule has 0 unspecified atom stereocenters. The summed E-state index contributed by atoms with van der Waals surface area (Å²) < 4.78 is 35.2. The monoisotopic (exact) mass is 444 g/mol. The Kier molecular flexibility index (Phi) is 6.15. The molecule has 0 bridgehead atoms. The Morgan fingerprint density at radius 2 is 2.03 bits per heavy atom. The molecule has 3 heterocycles. The maximum atomic E-state index is 13.2. The molecule has 4 rings (SSSR count). The number of hydrogen-bond acceptors (Lipinski definition) is 5. The van der Waals surface area contributed by atoms with Crippen molar-refractivity contribution >= 4 is 15.9 Å². The third-order valence-electron chi connectivity index (χ3n) is 5.90. The van der Waals surface area contributed by atoms with E-state index in [9.17, 15) is 13.2 Å². The summed E-state index contributed by atoms with van der Waals surface area (Å²) in [4.78, 5) is 12.8. The highest BCUT2D eigenvalue weighted by Crippen LogP contribution is 2.28. The number of carbonyl (C=O) groups excluding carboxylic acids is 1. The van der Waals surface area contributed by atoms with E-state index >= 15 is 0 Å². The SMILES string of the molecule is Cc1nn(C)cc1S(=O)(=O)N1CC[C@H]2NC(=O)COc3ccccc3C/C=C/C[C@H]2C1. The Morgan fingerprint density at radius 3 is 2.81 bits per heavy atom. The van der Waals surface area contributed by atoms with Crippen LogP contribution in [0.4, 0.5) is 0 Å². The van der Waals surface area contributed by atoms with Crippen LogP contribution in [-0.4, -0.2) is 54.1 Å². The molecule has 1 aromatic heterocycles. The lowest BCUT2D eigenvalue weighted by molar-refractivity contribution is -0.124. The summed E-state index contributed by atoms with van der Waals surface area (Å²) in [6, 6.07) is 7.59. The number of carbonyl (C=O) groups is 1. The highest BCUT2D eigenvalue weighted by molar-refractivity contribution is 7.89. The molecule has 0 aliphatic carbocycles. The average molecular weight is 445 g/mol. The second kappa shape index (κ2) is 8.84. The zero-order valence-electron chi connectivity index (χ0n) is 17.8. The van der Waals surface area contributed by atoms with Crippen LogP contribution in [0, 0.1) is 12.8 Å². The lowest BCUT2D eigenvalue weighted by atomic mass is 9.90. The van der Waals surface area contributed by atoms with Crippen molar-refractivity contribution in [2.24, 2.45) is 13.0 Å². The van der Waals surface area contributed by atoms with Crippen molar-refractivity contribution in [3.05, 3.63) is 53.9 Å². The van der Waals surface area contributed by atoms with Crippen LogP contribution < -0.4 is 10.1 Å². The first-order chi connectivity index (χ1) is 14.8. The molecule has 0 saturated carbocycles. The van der Waals surface area contributed by atoms with E-state index in [1.165, 1.54) is 8.99 Å². The van der Waals surface area contributed by atoms with Crippen LogP contribution in [-0.2, 0) is 28.3 Å². The number of para-hydroxylation sites is 1. The molecular weight excluding hydrogens is 416 g/mol. The summed E-state index contributed by atoms with van der Waals surface area (Å²) in [5, 5.41) is 7.24. The number of allylic oxidation sites excluding steroid dienone is 2. The van der Waals surface area contributed by atoms with E-state index in [0.29, 0.717) is 43.8 Å². The number of ether oxygens (including phenoxy) is 1. The number of benzene rings is 1. The quantitative estimate of drug-likeness (QED) is 0.713. The summed E-state index contributed by atoms with van der Waals surface area (Å²) in [7, 11) is -1.92. The summed E-state index contributed by atoms with van der Waals surface area (Å²) in [6.07, 6.45) is 7.65. The minimum absolute atomic E-state index is 0.0182. The second-order valence-electron chi connectivity index (χ2n) is 8.15. The van der Waals surface area contributed by atoms with Gasteiger partial charge in [-0.05, 0) is 43.7 Å². The van der Waals surface area contributed by atoms with Gasteiger partial charge in [0.25, 0.3) is 5.91 Å². The number of sulfonamides is 1. The van der Waals surface area contributed by atoms with Crippen LogP contribution in [0.2, 0.25) is 0 Å². The zero-order valence-corrected chi connectivity index (χ0v) is 18.6. The van der Waals surface area contributed by atoms with E-state index in [1.807, 2.05) is 24.3 Å². The number of aryl methyl sites for hydroxylation is 2. The van der Waals surface area contributed by atoms with E-state index in [1.54, 1.807) is 20.2 Å². The van der Waals surface area contributed by atoms with Crippen LogP contribution in [0.1, 0.15) is 24.1 Å². The van der Waals surface area contributed by atoms with E-state index < -0.39 is 10.0 Å². The molecule has 2 aliphatic rings. The van der Waals surface area contributed by atoms with Gasteiger partial charge in [0.2, 0.25) is 10.0 Å². The van der Waals surface area contributed by atoms with Gasteiger partial charge in [0, 0.05) is 32.4 Å². The normalized spacial score (nSPS) is 24.0. The van der Waals surface area contributed by atoms with Crippen LogP contribution >= 0.6 is 0 Å². The largest absolute Gasteiger partial charge is 0.483 e. The molecule has 2 aromatic rings. The molecule has 9 heteroatoms. The molecule has 31 heavy (non-hydrogen) atoms. The standard InChI is InChI=1S/C22H28N4O4S/c1-16-21(14-25(2)24-16)31(28,29)26-12-11-19-18(13-26)9-4-3-7-17-8-5-6-10-20(17)30-15-22(27)23-19/h3-6,8,10,14,18-19H,7,9,11-13,15H2,1-2H3,(H,23,27)/b4-3+/t18-,19+/m0/s1. The summed E-state index contributed by atoms with van der Waals surface area (Å²) in [5.74, 6) is 0.510. The van der Waals surface area contributed by atoms with E-state index in [0.717, 1.165) is 5.56 Å². The Balaban J connectivity index is 1.55. The summed E-state index contributed by atoms with van der Waals surface area (Å²) >= 11 is 0. The third-order valence-corrected chi connectivity index (χ3v) is 7.87. The maximum Gasteiger partial charge on any atom is 0.258 e. The molecule has 2 atom stereocenters. The van der Waals surface area contributed by atoms with Gasteiger partial charge in [-0.25, -0.2) is 8.42 Å². The van der Waals surface area contributed by atoms with Crippen molar-refractivity contribution in [3.8, 4) is 5.75 Å². The van der Waals surface area contributed by atoms with Crippen molar-refractivity contribution in [1.29, 1.82) is 0 Å². The molecule has 1 fully saturated rings. The molecule has 1 aromatic carbocycles. The van der Waals surface area contributed by atoms with E-state index in [-0.39, 0.29) is 29.4 Å². The summed E-state index contributed by atoms with van der Waals surface area (Å²) in [6.45, 7) is 2.35. The Hall–Kier alpha value is -2.65.